The van der Waals surface area contributed by atoms with E-state index in [1.807, 2.05) is 43.4 Å². The molecule has 0 spiro atoms. The molecule has 0 radical (unpaired) electrons. The predicted octanol–water partition coefficient (Wildman–Crippen LogP) is 3.68. The van der Waals surface area contributed by atoms with Crippen LogP contribution >= 0.6 is 0 Å². The summed E-state index contributed by atoms with van der Waals surface area (Å²) in [6, 6.07) is 20.4. The summed E-state index contributed by atoms with van der Waals surface area (Å²) < 4.78 is 0. The lowest BCUT2D eigenvalue weighted by atomic mass is 9.93. The molecule has 124 valence electrons. The highest BCUT2D eigenvalue weighted by Crippen LogP contribution is 2.30. The molecule has 2 aromatic carbocycles. The topological polar surface area (TPSA) is 35.9 Å². The molecule has 1 saturated heterocycles. The van der Waals surface area contributed by atoms with Gasteiger partial charge in [-0.05, 0) is 18.9 Å². The smallest absolute Gasteiger partial charge is 0.160 e. The van der Waals surface area contributed by atoms with Gasteiger partial charge >= 0.3 is 0 Å². The third-order valence-electron chi connectivity index (χ3n) is 3.92. The van der Waals surface area contributed by atoms with Crippen molar-refractivity contribution in [1.29, 1.82) is 0 Å². The second-order valence-electron chi connectivity index (χ2n) is 5.88. The Morgan fingerprint density at radius 3 is 2.09 bits per heavy atom. The molecule has 0 bridgehead atoms. The molecule has 23 heavy (non-hydrogen) atoms. The molecule has 0 saturated carbocycles. The van der Waals surface area contributed by atoms with Crippen LogP contribution in [0, 0.1) is 6.92 Å². The molecule has 2 aromatic rings. The van der Waals surface area contributed by atoms with Crippen LogP contribution in [0.4, 0.5) is 0 Å². The highest BCUT2D eigenvalue weighted by atomic mass is 16.7. The summed E-state index contributed by atoms with van der Waals surface area (Å²) >= 11 is 0. The lowest BCUT2D eigenvalue weighted by molar-refractivity contribution is -0.312. The molecular formula is C19H26N2O2. The van der Waals surface area contributed by atoms with Gasteiger partial charge in [-0.15, -0.1) is 0 Å². The van der Waals surface area contributed by atoms with E-state index < -0.39 is 0 Å². The van der Waals surface area contributed by atoms with Crippen molar-refractivity contribution in [2.45, 2.75) is 25.5 Å². The number of benzene rings is 2. The average molecular weight is 314 g/mol. The van der Waals surface area contributed by atoms with Crippen LogP contribution in [-0.4, -0.2) is 42.2 Å². The molecule has 4 nitrogen and oxygen atoms in total. The molecule has 1 N–H and O–H groups in total. The van der Waals surface area contributed by atoms with Crippen molar-refractivity contribution in [3.63, 3.8) is 0 Å². The molecule has 1 fully saturated rings. The van der Waals surface area contributed by atoms with Gasteiger partial charge in [-0.2, -0.15) is 10.1 Å². The van der Waals surface area contributed by atoms with Crippen molar-refractivity contribution >= 4 is 0 Å². The Kier molecular flexibility index (Phi) is 6.74. The van der Waals surface area contributed by atoms with Gasteiger partial charge in [0, 0.05) is 26.6 Å². The molecule has 1 heterocycles. The van der Waals surface area contributed by atoms with Gasteiger partial charge in [-0.1, -0.05) is 66.2 Å². The number of nitrogens with zero attached hydrogens (tertiary/aromatic N) is 2. The third kappa shape index (κ3) is 5.44. The number of aryl methyl sites for hydroxylation is 1. The fourth-order valence-electron chi connectivity index (χ4n) is 2.67. The molecule has 0 aromatic heterocycles. The first kappa shape index (κ1) is 17.6. The molecule has 1 aliphatic rings. The Bertz CT molecular complexity index is 560. The Hall–Kier alpha value is -1.72. The first-order chi connectivity index (χ1) is 11.1. The standard InChI is InChI=1S/C12H18N2O2.C7H8/c1-13-9-8-11(12(16-13)14(2)15)10-6-4-3-5-7-10;1-7-5-3-2-4-6-7/h3-7,11-12,15H,8-9H2,1-2H3;2-6H,1H3. The number of hydrogen-bond donors (Lipinski definition) is 1. The van der Waals surface area contributed by atoms with Crippen LogP contribution in [0.1, 0.15) is 23.5 Å². The average Bonchev–Trinajstić information content (AvgIpc) is 2.57. The fraction of sp³-hybridized carbons (Fsp3) is 0.368. The lowest BCUT2D eigenvalue weighted by Gasteiger charge is -2.38. The lowest BCUT2D eigenvalue weighted by Crippen LogP contribution is -2.46. The van der Waals surface area contributed by atoms with E-state index in [9.17, 15) is 5.21 Å². The zero-order chi connectivity index (χ0) is 16.7. The van der Waals surface area contributed by atoms with Crippen LogP contribution in [0.15, 0.2) is 60.7 Å². The van der Waals surface area contributed by atoms with Gasteiger partial charge in [0.2, 0.25) is 0 Å². The summed E-state index contributed by atoms with van der Waals surface area (Å²) in [5.41, 5.74) is 2.53. The maximum atomic E-state index is 9.61. The van der Waals surface area contributed by atoms with E-state index in [2.05, 4.69) is 31.2 Å². The van der Waals surface area contributed by atoms with Gasteiger partial charge < -0.3 is 5.21 Å². The van der Waals surface area contributed by atoms with Crippen LogP contribution in [-0.2, 0) is 4.84 Å². The summed E-state index contributed by atoms with van der Waals surface area (Å²) in [6.45, 7) is 2.96. The maximum absolute atomic E-state index is 9.61. The summed E-state index contributed by atoms with van der Waals surface area (Å²) in [5, 5.41) is 12.5. The van der Waals surface area contributed by atoms with Crippen LogP contribution < -0.4 is 0 Å². The Balaban J connectivity index is 0.000000229. The van der Waals surface area contributed by atoms with Gasteiger partial charge in [0.25, 0.3) is 0 Å². The predicted molar refractivity (Wildman–Crippen MR) is 92.0 cm³/mol. The van der Waals surface area contributed by atoms with Crippen molar-refractivity contribution in [2.24, 2.45) is 0 Å². The largest absolute Gasteiger partial charge is 0.312 e. The van der Waals surface area contributed by atoms with Crippen LogP contribution in [0.2, 0.25) is 0 Å². The number of hydrogen-bond acceptors (Lipinski definition) is 4. The van der Waals surface area contributed by atoms with Gasteiger partial charge in [-0.25, -0.2) is 0 Å². The maximum Gasteiger partial charge on any atom is 0.160 e. The van der Waals surface area contributed by atoms with E-state index in [1.165, 1.54) is 11.1 Å². The first-order valence-corrected chi connectivity index (χ1v) is 7.94. The number of hydroxylamine groups is 4. The Morgan fingerprint density at radius 2 is 1.61 bits per heavy atom. The summed E-state index contributed by atoms with van der Waals surface area (Å²) in [7, 11) is 3.51. The quantitative estimate of drug-likeness (QED) is 0.858. The van der Waals surface area contributed by atoms with Crippen molar-refractivity contribution < 1.29 is 10.0 Å². The number of likely N-dealkylation sites (N-methyl/N-ethyl adjacent to an activating group) is 1. The first-order valence-electron chi connectivity index (χ1n) is 7.94. The van der Waals surface area contributed by atoms with E-state index in [-0.39, 0.29) is 12.1 Å². The fourth-order valence-corrected chi connectivity index (χ4v) is 2.67. The molecule has 2 unspecified atom stereocenters. The number of rotatable bonds is 2. The molecule has 0 aliphatic carbocycles. The van der Waals surface area contributed by atoms with Crippen molar-refractivity contribution in [1.82, 2.24) is 10.1 Å². The van der Waals surface area contributed by atoms with E-state index >= 15 is 0 Å². The second-order valence-corrected chi connectivity index (χ2v) is 5.88. The monoisotopic (exact) mass is 314 g/mol. The minimum Gasteiger partial charge on any atom is -0.312 e. The molecule has 0 amide bonds. The van der Waals surface area contributed by atoms with E-state index in [0.717, 1.165) is 18.0 Å². The minimum absolute atomic E-state index is 0.215. The van der Waals surface area contributed by atoms with Gasteiger partial charge in [0.15, 0.2) is 6.23 Å². The SMILES string of the molecule is CN1CCC(c2ccccc2)C(N(C)O)O1.Cc1ccccc1. The van der Waals surface area contributed by atoms with Crippen LogP contribution in [0.3, 0.4) is 0 Å². The van der Waals surface area contributed by atoms with E-state index in [1.54, 1.807) is 12.1 Å². The zero-order valence-electron chi connectivity index (χ0n) is 14.1. The molecule has 2 atom stereocenters. The van der Waals surface area contributed by atoms with E-state index in [4.69, 9.17) is 4.84 Å². The van der Waals surface area contributed by atoms with Gasteiger partial charge in [-0.3, -0.25) is 4.84 Å². The molecule has 1 aliphatic heterocycles. The van der Waals surface area contributed by atoms with Crippen molar-refractivity contribution in [2.75, 3.05) is 20.6 Å². The summed E-state index contributed by atoms with van der Waals surface area (Å²) in [6.07, 6.45) is 0.678. The molecular weight excluding hydrogens is 288 g/mol. The third-order valence-corrected chi connectivity index (χ3v) is 3.92. The van der Waals surface area contributed by atoms with E-state index in [0.29, 0.717) is 0 Å². The Morgan fingerprint density at radius 1 is 1.04 bits per heavy atom. The molecule has 4 heteroatoms. The highest BCUT2D eigenvalue weighted by Gasteiger charge is 2.32. The molecule has 3 rings (SSSR count). The second kappa shape index (κ2) is 8.79. The van der Waals surface area contributed by atoms with Crippen LogP contribution in [0.5, 0.6) is 0 Å². The van der Waals surface area contributed by atoms with Crippen LogP contribution in [0.25, 0.3) is 0 Å². The minimum atomic E-state index is -0.304. The van der Waals surface area contributed by atoms with Crippen molar-refractivity contribution in [3.05, 3.63) is 71.8 Å². The zero-order valence-corrected chi connectivity index (χ0v) is 14.1. The normalized spacial score (nSPS) is 21.6. The van der Waals surface area contributed by atoms with Crippen molar-refractivity contribution in [3.8, 4) is 0 Å². The summed E-state index contributed by atoms with van der Waals surface area (Å²) in [5.74, 6) is 0.215. The van der Waals surface area contributed by atoms with Gasteiger partial charge in [0.05, 0.1) is 0 Å². The summed E-state index contributed by atoms with van der Waals surface area (Å²) in [4.78, 5) is 5.62. The van der Waals surface area contributed by atoms with Gasteiger partial charge in [0.1, 0.15) is 0 Å². The highest BCUT2D eigenvalue weighted by molar-refractivity contribution is 5.20. The Labute approximate surface area is 138 Å².